The summed E-state index contributed by atoms with van der Waals surface area (Å²) in [5.41, 5.74) is -0.769. The Morgan fingerprint density at radius 2 is 1.89 bits per heavy atom. The summed E-state index contributed by atoms with van der Waals surface area (Å²) in [7, 11) is 1.70. The Balaban J connectivity index is 1.91. The predicted molar refractivity (Wildman–Crippen MR) is 67.7 cm³/mol. The fraction of sp³-hybridized carbons (Fsp3) is 0.857. The molecule has 2 aliphatic carbocycles. The molecule has 2 saturated carbocycles. The van der Waals surface area contributed by atoms with E-state index in [-0.39, 0.29) is 18.1 Å². The minimum atomic E-state index is -0.769. The summed E-state index contributed by atoms with van der Waals surface area (Å²) in [6.07, 6.45) is 7.75. The van der Waals surface area contributed by atoms with Gasteiger partial charge in [0.2, 0.25) is 5.91 Å². The van der Waals surface area contributed by atoms with E-state index < -0.39 is 5.41 Å². The zero-order chi connectivity index (χ0) is 13.0. The summed E-state index contributed by atoms with van der Waals surface area (Å²) >= 11 is 0. The zero-order valence-corrected chi connectivity index (χ0v) is 11.1. The maximum absolute atomic E-state index is 12.3. The van der Waals surface area contributed by atoms with Crippen LogP contribution in [0.25, 0.3) is 0 Å². The van der Waals surface area contributed by atoms with Crippen LogP contribution in [0.5, 0.6) is 0 Å². The van der Waals surface area contributed by atoms with Gasteiger partial charge in [0.1, 0.15) is 5.41 Å². The van der Waals surface area contributed by atoms with Gasteiger partial charge in [0, 0.05) is 13.2 Å². The number of nitrogens with zero attached hydrogens (tertiary/aromatic N) is 1. The minimum Gasteiger partial charge on any atom is -0.381 e. The Morgan fingerprint density at radius 1 is 1.28 bits per heavy atom. The molecule has 18 heavy (non-hydrogen) atoms. The average molecular weight is 250 g/mol. The predicted octanol–water partition coefficient (Wildman–Crippen LogP) is 2.14. The first-order valence-corrected chi connectivity index (χ1v) is 6.95. The second-order valence-corrected chi connectivity index (χ2v) is 5.61. The van der Waals surface area contributed by atoms with Crippen LogP contribution in [-0.2, 0) is 9.53 Å². The number of carbonyl (C=O) groups is 1. The number of nitriles is 1. The van der Waals surface area contributed by atoms with E-state index in [4.69, 9.17) is 4.74 Å². The summed E-state index contributed by atoms with van der Waals surface area (Å²) in [5, 5.41) is 12.4. The summed E-state index contributed by atoms with van der Waals surface area (Å²) in [4.78, 5) is 12.3. The first kappa shape index (κ1) is 13.4. The highest BCUT2D eigenvalue weighted by atomic mass is 16.5. The Bertz CT molecular complexity index is 334. The fourth-order valence-corrected chi connectivity index (χ4v) is 2.92. The number of rotatable bonds is 3. The summed E-state index contributed by atoms with van der Waals surface area (Å²) in [6.45, 7) is 0. The van der Waals surface area contributed by atoms with E-state index in [2.05, 4.69) is 11.4 Å². The van der Waals surface area contributed by atoms with Crippen LogP contribution in [0.3, 0.4) is 0 Å². The molecule has 0 bridgehead atoms. The van der Waals surface area contributed by atoms with Gasteiger partial charge in [0.05, 0.1) is 12.2 Å². The van der Waals surface area contributed by atoms with Gasteiger partial charge in [-0.2, -0.15) is 5.26 Å². The molecule has 0 aromatic rings. The second kappa shape index (κ2) is 5.71. The molecule has 0 aliphatic heterocycles. The fourth-order valence-electron chi connectivity index (χ4n) is 2.92. The summed E-state index contributed by atoms with van der Waals surface area (Å²) < 4.78 is 5.20. The molecule has 0 spiro atoms. The van der Waals surface area contributed by atoms with Crippen LogP contribution in [0.2, 0.25) is 0 Å². The van der Waals surface area contributed by atoms with Gasteiger partial charge in [-0.3, -0.25) is 4.79 Å². The van der Waals surface area contributed by atoms with E-state index in [1.807, 2.05) is 0 Å². The molecular formula is C14H22N2O2. The Kier molecular flexibility index (Phi) is 4.23. The highest BCUT2D eigenvalue weighted by molar-refractivity contribution is 5.85. The van der Waals surface area contributed by atoms with Crippen molar-refractivity contribution in [1.29, 1.82) is 5.26 Å². The third-order valence-electron chi connectivity index (χ3n) is 4.37. The van der Waals surface area contributed by atoms with Crippen molar-refractivity contribution in [1.82, 2.24) is 5.32 Å². The number of hydrogen-bond acceptors (Lipinski definition) is 3. The molecule has 4 heteroatoms. The van der Waals surface area contributed by atoms with Crippen molar-refractivity contribution in [2.45, 2.75) is 63.5 Å². The van der Waals surface area contributed by atoms with E-state index >= 15 is 0 Å². The van der Waals surface area contributed by atoms with Gasteiger partial charge in [-0.25, -0.2) is 0 Å². The molecule has 2 aliphatic rings. The molecule has 0 atom stereocenters. The first-order valence-electron chi connectivity index (χ1n) is 6.95. The summed E-state index contributed by atoms with van der Waals surface area (Å²) in [5.74, 6) is -0.0496. The molecule has 0 unspecified atom stereocenters. The van der Waals surface area contributed by atoms with Crippen molar-refractivity contribution < 1.29 is 9.53 Å². The number of methoxy groups -OCH3 is 1. The smallest absolute Gasteiger partial charge is 0.240 e. The third-order valence-corrected chi connectivity index (χ3v) is 4.37. The Morgan fingerprint density at radius 3 is 2.39 bits per heavy atom. The minimum absolute atomic E-state index is 0.0496. The van der Waals surface area contributed by atoms with E-state index in [1.165, 1.54) is 0 Å². The lowest BCUT2D eigenvalue weighted by molar-refractivity contribution is -0.131. The second-order valence-electron chi connectivity index (χ2n) is 5.61. The number of ether oxygens (including phenoxy) is 1. The molecule has 2 rings (SSSR count). The van der Waals surface area contributed by atoms with Crippen molar-refractivity contribution in [2.75, 3.05) is 7.11 Å². The maximum atomic E-state index is 12.3. The quantitative estimate of drug-likeness (QED) is 0.781. The van der Waals surface area contributed by atoms with Crippen LogP contribution >= 0.6 is 0 Å². The first-order chi connectivity index (χ1) is 8.70. The molecule has 1 N–H and O–H groups in total. The number of amides is 1. The van der Waals surface area contributed by atoms with Crippen molar-refractivity contribution in [3.8, 4) is 6.07 Å². The van der Waals surface area contributed by atoms with Gasteiger partial charge in [0.15, 0.2) is 0 Å². The van der Waals surface area contributed by atoms with Crippen LogP contribution in [0.1, 0.15) is 51.4 Å². The molecule has 0 aromatic carbocycles. The van der Waals surface area contributed by atoms with Gasteiger partial charge in [-0.05, 0) is 25.7 Å². The van der Waals surface area contributed by atoms with Crippen molar-refractivity contribution in [2.24, 2.45) is 5.41 Å². The number of nitrogens with one attached hydrogen (secondary N) is 1. The SMILES string of the molecule is COC1CC(NC(=O)C2(C#N)CCCCCC2)C1. The highest BCUT2D eigenvalue weighted by Gasteiger charge is 2.41. The molecule has 4 nitrogen and oxygen atoms in total. The summed E-state index contributed by atoms with van der Waals surface area (Å²) in [6, 6.07) is 2.50. The molecule has 0 saturated heterocycles. The maximum Gasteiger partial charge on any atom is 0.240 e. The molecule has 100 valence electrons. The van der Waals surface area contributed by atoms with Gasteiger partial charge < -0.3 is 10.1 Å². The van der Waals surface area contributed by atoms with E-state index in [9.17, 15) is 10.1 Å². The van der Waals surface area contributed by atoms with Crippen LogP contribution < -0.4 is 5.32 Å². The lowest BCUT2D eigenvalue weighted by Crippen LogP contribution is -2.52. The lowest BCUT2D eigenvalue weighted by Gasteiger charge is -2.36. The van der Waals surface area contributed by atoms with Crippen LogP contribution in [-0.4, -0.2) is 25.2 Å². The number of hydrogen-bond donors (Lipinski definition) is 1. The largest absolute Gasteiger partial charge is 0.381 e. The van der Waals surface area contributed by atoms with Crippen molar-refractivity contribution in [3.63, 3.8) is 0 Å². The van der Waals surface area contributed by atoms with Gasteiger partial charge in [-0.1, -0.05) is 25.7 Å². The molecule has 0 aromatic heterocycles. The number of carbonyl (C=O) groups excluding carboxylic acids is 1. The molecule has 1 amide bonds. The van der Waals surface area contributed by atoms with Crippen molar-refractivity contribution in [3.05, 3.63) is 0 Å². The van der Waals surface area contributed by atoms with Gasteiger partial charge in [0.25, 0.3) is 0 Å². The zero-order valence-electron chi connectivity index (χ0n) is 11.1. The monoisotopic (exact) mass is 250 g/mol. The van der Waals surface area contributed by atoms with Crippen molar-refractivity contribution >= 4 is 5.91 Å². The normalized spacial score (nSPS) is 30.7. The third kappa shape index (κ3) is 2.67. The molecule has 0 heterocycles. The van der Waals surface area contributed by atoms with Gasteiger partial charge in [-0.15, -0.1) is 0 Å². The molecule has 2 fully saturated rings. The topological polar surface area (TPSA) is 62.1 Å². The van der Waals surface area contributed by atoms with Crippen LogP contribution in [0, 0.1) is 16.7 Å². The van der Waals surface area contributed by atoms with E-state index in [1.54, 1.807) is 7.11 Å². The Labute approximate surface area is 109 Å². The Hall–Kier alpha value is -1.08. The van der Waals surface area contributed by atoms with E-state index in [0.717, 1.165) is 51.4 Å². The average Bonchev–Trinajstić information content (AvgIpc) is 2.59. The highest BCUT2D eigenvalue weighted by Crippen LogP contribution is 2.35. The molecular weight excluding hydrogens is 228 g/mol. The van der Waals surface area contributed by atoms with Gasteiger partial charge >= 0.3 is 0 Å². The standard InChI is InChI=1S/C14H22N2O2/c1-18-12-8-11(9-12)16-13(17)14(10-15)6-4-2-3-5-7-14/h11-12H,2-9H2,1H3,(H,16,17). The molecule has 0 radical (unpaired) electrons. The van der Waals surface area contributed by atoms with Crippen LogP contribution in [0.4, 0.5) is 0 Å². The lowest BCUT2D eigenvalue weighted by atomic mass is 9.79. The van der Waals surface area contributed by atoms with Crippen LogP contribution in [0.15, 0.2) is 0 Å². The van der Waals surface area contributed by atoms with E-state index in [0.29, 0.717) is 0 Å².